The van der Waals surface area contributed by atoms with Gasteiger partial charge in [0.15, 0.2) is 0 Å². The van der Waals surface area contributed by atoms with Crippen LogP contribution in [0.5, 0.6) is 0 Å². The van der Waals surface area contributed by atoms with E-state index in [9.17, 15) is 24.0 Å². The van der Waals surface area contributed by atoms with Gasteiger partial charge in [-0.2, -0.15) is 0 Å². The lowest BCUT2D eigenvalue weighted by molar-refractivity contribution is -0.143. The summed E-state index contributed by atoms with van der Waals surface area (Å²) in [6.45, 7) is 3.96. The average Bonchev–Trinajstić information content (AvgIpc) is 3.39. The average molecular weight is 692 g/mol. The minimum absolute atomic E-state index is 0.00447. The molecule has 266 valence electrons. The van der Waals surface area contributed by atoms with Crippen molar-refractivity contribution in [3.8, 4) is 0 Å². The standard InChI is InChI=1S/C40H45N5O6/c1-2-51-37(47)28-43-27-31(19-20-36(43)46)44(22-11-5-3-4-6-12-23-45-39(49)33-17-9-10-18-34(33)40(45)50)38(48)30-15-13-21-42(26-30)35-25-41-24-29-14-7-8-16-32(29)35/h7-10,14,16-20,24-25,27,30H,2-6,11-13,15,21-23,26,28H2,1H3/t30-/m0/s1. The number of hydrogen-bond donors (Lipinski definition) is 0. The number of hydrogen-bond acceptors (Lipinski definition) is 8. The van der Waals surface area contributed by atoms with Gasteiger partial charge in [-0.05, 0) is 50.8 Å². The number of unbranched alkanes of at least 4 members (excludes halogenated alkanes) is 5. The molecule has 1 saturated heterocycles. The Labute approximate surface area is 297 Å². The Balaban J connectivity index is 1.08. The largest absolute Gasteiger partial charge is 0.465 e. The molecule has 2 aromatic carbocycles. The molecule has 0 bridgehead atoms. The van der Waals surface area contributed by atoms with Gasteiger partial charge in [-0.1, -0.05) is 62.1 Å². The summed E-state index contributed by atoms with van der Waals surface area (Å²) in [6, 6.07) is 18.1. The Morgan fingerprint density at radius 3 is 2.33 bits per heavy atom. The number of carbonyl (C=O) groups is 4. The first-order valence-corrected chi connectivity index (χ1v) is 18.1. The Morgan fingerprint density at radius 2 is 1.57 bits per heavy atom. The molecule has 6 rings (SSSR count). The number of benzene rings is 2. The third kappa shape index (κ3) is 8.19. The molecular weight excluding hydrogens is 646 g/mol. The van der Waals surface area contributed by atoms with E-state index in [1.54, 1.807) is 48.4 Å². The zero-order valence-electron chi connectivity index (χ0n) is 29.2. The molecular formula is C40H45N5O6. The van der Waals surface area contributed by atoms with E-state index in [4.69, 9.17) is 4.74 Å². The smallest absolute Gasteiger partial charge is 0.326 e. The third-order valence-electron chi connectivity index (χ3n) is 9.80. The normalized spacial score (nSPS) is 15.7. The molecule has 51 heavy (non-hydrogen) atoms. The van der Waals surface area contributed by atoms with Crippen LogP contribution in [0.15, 0.2) is 84.0 Å². The van der Waals surface area contributed by atoms with E-state index >= 15 is 0 Å². The van der Waals surface area contributed by atoms with E-state index in [0.29, 0.717) is 36.4 Å². The van der Waals surface area contributed by atoms with E-state index in [0.717, 1.165) is 74.4 Å². The SMILES string of the molecule is CCOC(=O)Cn1cc(N(CCCCCCCCN2C(=O)c3ccccc3C2=O)C(=O)[C@H]2CCCN(c3cncc4ccccc34)C2)ccc1=O. The highest BCUT2D eigenvalue weighted by atomic mass is 16.5. The maximum absolute atomic E-state index is 14.4. The quantitative estimate of drug-likeness (QED) is 0.0866. The Bertz CT molecular complexity index is 1920. The van der Waals surface area contributed by atoms with Gasteiger partial charge in [0.25, 0.3) is 17.4 Å². The minimum atomic E-state index is -0.510. The number of anilines is 2. The summed E-state index contributed by atoms with van der Waals surface area (Å²) >= 11 is 0. The number of esters is 1. The highest BCUT2D eigenvalue weighted by molar-refractivity contribution is 6.21. The van der Waals surface area contributed by atoms with Crippen LogP contribution in [0.3, 0.4) is 0 Å². The van der Waals surface area contributed by atoms with Gasteiger partial charge in [0, 0.05) is 55.4 Å². The fourth-order valence-electron chi connectivity index (χ4n) is 7.17. The summed E-state index contributed by atoms with van der Waals surface area (Å²) in [7, 11) is 0. The monoisotopic (exact) mass is 691 g/mol. The lowest BCUT2D eigenvalue weighted by Crippen LogP contribution is -2.45. The van der Waals surface area contributed by atoms with Crippen molar-refractivity contribution in [2.24, 2.45) is 5.92 Å². The number of carbonyl (C=O) groups excluding carboxylic acids is 4. The molecule has 2 aliphatic rings. The predicted octanol–water partition coefficient (Wildman–Crippen LogP) is 5.85. The summed E-state index contributed by atoms with van der Waals surface area (Å²) in [4.78, 5) is 74.5. The van der Waals surface area contributed by atoms with Gasteiger partial charge < -0.3 is 19.1 Å². The van der Waals surface area contributed by atoms with Crippen molar-refractivity contribution in [3.63, 3.8) is 0 Å². The molecule has 2 aliphatic heterocycles. The van der Waals surface area contributed by atoms with Crippen LogP contribution in [0.1, 0.15) is 79.0 Å². The van der Waals surface area contributed by atoms with Crippen molar-refractivity contribution < 1.29 is 23.9 Å². The number of aromatic nitrogens is 2. The van der Waals surface area contributed by atoms with Gasteiger partial charge in [-0.3, -0.25) is 33.9 Å². The molecule has 0 aliphatic carbocycles. The number of rotatable bonds is 15. The Hall–Kier alpha value is -5.32. The topological polar surface area (TPSA) is 122 Å². The molecule has 0 unspecified atom stereocenters. The van der Waals surface area contributed by atoms with Crippen LogP contribution in [-0.2, 0) is 20.9 Å². The van der Waals surface area contributed by atoms with E-state index < -0.39 is 5.97 Å². The number of ether oxygens (including phenoxy) is 1. The van der Waals surface area contributed by atoms with Gasteiger partial charge in [0.2, 0.25) is 5.91 Å². The molecule has 2 aromatic heterocycles. The van der Waals surface area contributed by atoms with E-state index in [1.165, 1.54) is 15.5 Å². The zero-order valence-corrected chi connectivity index (χ0v) is 29.2. The maximum Gasteiger partial charge on any atom is 0.326 e. The molecule has 3 amide bonds. The first-order chi connectivity index (χ1) is 24.9. The number of pyridine rings is 2. The van der Waals surface area contributed by atoms with Gasteiger partial charge in [-0.25, -0.2) is 0 Å². The second kappa shape index (κ2) is 16.6. The first-order valence-electron chi connectivity index (χ1n) is 18.1. The van der Waals surface area contributed by atoms with Gasteiger partial charge in [0.1, 0.15) is 6.54 Å². The second-order valence-electron chi connectivity index (χ2n) is 13.2. The summed E-state index contributed by atoms with van der Waals surface area (Å²) < 4.78 is 6.38. The fraction of sp³-hybridized carbons (Fsp3) is 0.400. The van der Waals surface area contributed by atoms with Crippen molar-refractivity contribution in [2.75, 3.05) is 42.6 Å². The molecule has 1 atom stereocenters. The maximum atomic E-state index is 14.4. The lowest BCUT2D eigenvalue weighted by Gasteiger charge is -2.36. The molecule has 0 N–H and O–H groups in total. The molecule has 0 radical (unpaired) electrons. The van der Waals surface area contributed by atoms with Crippen LogP contribution in [0.25, 0.3) is 10.8 Å². The molecule has 4 aromatic rings. The summed E-state index contributed by atoms with van der Waals surface area (Å²) in [6.07, 6.45) is 12.1. The van der Waals surface area contributed by atoms with Crippen LogP contribution in [0.2, 0.25) is 0 Å². The zero-order chi connectivity index (χ0) is 35.7. The number of imide groups is 1. The highest BCUT2D eigenvalue weighted by Crippen LogP contribution is 2.31. The lowest BCUT2D eigenvalue weighted by atomic mass is 9.95. The van der Waals surface area contributed by atoms with Crippen molar-refractivity contribution >= 4 is 45.8 Å². The van der Waals surface area contributed by atoms with Crippen molar-refractivity contribution in [3.05, 3.63) is 101 Å². The molecule has 11 heteroatoms. The minimum Gasteiger partial charge on any atom is -0.465 e. The summed E-state index contributed by atoms with van der Waals surface area (Å²) in [5, 5.41) is 2.16. The van der Waals surface area contributed by atoms with Gasteiger partial charge in [0.05, 0.1) is 41.2 Å². The Kier molecular flexibility index (Phi) is 11.6. The van der Waals surface area contributed by atoms with Crippen LogP contribution >= 0.6 is 0 Å². The van der Waals surface area contributed by atoms with Crippen molar-refractivity contribution in [1.82, 2.24) is 14.5 Å². The van der Waals surface area contributed by atoms with E-state index in [1.807, 2.05) is 30.6 Å². The van der Waals surface area contributed by atoms with Gasteiger partial charge in [-0.15, -0.1) is 0 Å². The first kappa shape index (κ1) is 35.5. The summed E-state index contributed by atoms with van der Waals surface area (Å²) in [5.41, 5.74) is 2.21. The van der Waals surface area contributed by atoms with E-state index in [2.05, 4.69) is 16.0 Å². The Morgan fingerprint density at radius 1 is 0.863 bits per heavy atom. The van der Waals surface area contributed by atoms with Crippen LogP contribution in [0.4, 0.5) is 11.4 Å². The van der Waals surface area contributed by atoms with Gasteiger partial charge >= 0.3 is 5.97 Å². The van der Waals surface area contributed by atoms with E-state index in [-0.39, 0.29) is 42.4 Å². The molecule has 0 saturated carbocycles. The molecule has 1 fully saturated rings. The highest BCUT2D eigenvalue weighted by Gasteiger charge is 2.34. The number of fused-ring (bicyclic) bond motifs is 2. The second-order valence-corrected chi connectivity index (χ2v) is 13.2. The van der Waals surface area contributed by atoms with Crippen LogP contribution in [-0.4, -0.2) is 70.9 Å². The number of nitrogens with zero attached hydrogens (tertiary/aromatic N) is 5. The summed E-state index contributed by atoms with van der Waals surface area (Å²) in [5.74, 6) is -1.21. The van der Waals surface area contributed by atoms with Crippen molar-refractivity contribution in [2.45, 2.75) is 64.8 Å². The molecule has 11 nitrogen and oxygen atoms in total. The molecule has 4 heterocycles. The van der Waals surface area contributed by atoms with Crippen LogP contribution < -0.4 is 15.4 Å². The fourth-order valence-corrected chi connectivity index (χ4v) is 7.17. The van der Waals surface area contributed by atoms with Crippen molar-refractivity contribution in [1.29, 1.82) is 0 Å². The number of piperidine rings is 1. The number of amides is 3. The predicted molar refractivity (Wildman–Crippen MR) is 196 cm³/mol. The third-order valence-corrected chi connectivity index (χ3v) is 9.80. The molecule has 0 spiro atoms. The van der Waals surface area contributed by atoms with Crippen LogP contribution in [0, 0.1) is 5.92 Å².